The average molecular weight is 249 g/mol. The van der Waals surface area contributed by atoms with Crippen LogP contribution in [0.4, 0.5) is 13.2 Å². The van der Waals surface area contributed by atoms with Crippen molar-refractivity contribution in [3.63, 3.8) is 0 Å². The highest BCUT2D eigenvalue weighted by Crippen LogP contribution is 2.27. The largest absolute Gasteiger partial charge is 0.479 e. The topological polar surface area (TPSA) is 55.5 Å². The van der Waals surface area contributed by atoms with Crippen molar-refractivity contribution in [1.82, 2.24) is 0 Å². The third-order valence-corrected chi connectivity index (χ3v) is 2.14. The van der Waals surface area contributed by atoms with Crippen LogP contribution in [0.1, 0.15) is 12.5 Å². The van der Waals surface area contributed by atoms with E-state index in [1.54, 1.807) is 6.07 Å². The molecule has 2 atom stereocenters. The molecule has 0 saturated carbocycles. The second-order valence-corrected chi connectivity index (χ2v) is 3.74. The Morgan fingerprint density at radius 1 is 1.41 bits per heavy atom. The molecule has 0 aliphatic heterocycles. The second-order valence-electron chi connectivity index (χ2n) is 3.74. The zero-order valence-electron chi connectivity index (χ0n) is 9.24. The monoisotopic (exact) mass is 249 g/mol. The lowest BCUT2D eigenvalue weighted by Crippen LogP contribution is -2.47. The molecule has 0 heterocycles. The van der Waals surface area contributed by atoms with Gasteiger partial charge in [0.05, 0.1) is 6.61 Å². The van der Waals surface area contributed by atoms with Crippen LogP contribution in [0.3, 0.4) is 0 Å². The molecule has 6 heteroatoms. The van der Waals surface area contributed by atoms with Gasteiger partial charge in [-0.05, 0) is 24.6 Å². The summed E-state index contributed by atoms with van der Waals surface area (Å²) in [6.45, 7) is 0.972. The summed E-state index contributed by atoms with van der Waals surface area (Å²) >= 11 is 0. The predicted octanol–water partition coefficient (Wildman–Crippen LogP) is 1.84. The zero-order chi connectivity index (χ0) is 13.1. The maximum atomic E-state index is 12.6. The van der Waals surface area contributed by atoms with Crippen molar-refractivity contribution in [2.45, 2.75) is 31.9 Å². The van der Waals surface area contributed by atoms with Crippen molar-refractivity contribution >= 4 is 0 Å². The van der Waals surface area contributed by atoms with Crippen LogP contribution < -0.4 is 10.5 Å². The Hall–Kier alpha value is -1.27. The van der Waals surface area contributed by atoms with Gasteiger partial charge in [-0.15, -0.1) is 0 Å². The van der Waals surface area contributed by atoms with Gasteiger partial charge in [-0.2, -0.15) is 13.2 Å². The average Bonchev–Trinajstić information content (AvgIpc) is 2.24. The molecule has 0 amide bonds. The fourth-order valence-corrected chi connectivity index (χ4v) is 1.34. The van der Waals surface area contributed by atoms with Gasteiger partial charge in [0.25, 0.3) is 0 Å². The van der Waals surface area contributed by atoms with E-state index < -0.39 is 18.3 Å². The normalized spacial score (nSPS) is 15.4. The van der Waals surface area contributed by atoms with Crippen molar-refractivity contribution in [2.24, 2.45) is 5.73 Å². The summed E-state index contributed by atoms with van der Waals surface area (Å²) in [5.41, 5.74) is 5.73. The Balaban J connectivity index is 2.86. The molecule has 3 nitrogen and oxygen atoms in total. The molecule has 96 valence electrons. The van der Waals surface area contributed by atoms with Crippen LogP contribution in [-0.2, 0) is 6.61 Å². The lowest BCUT2D eigenvalue weighted by molar-refractivity contribution is -0.199. The highest BCUT2D eigenvalue weighted by molar-refractivity contribution is 5.28. The van der Waals surface area contributed by atoms with Crippen LogP contribution in [0.2, 0.25) is 0 Å². The van der Waals surface area contributed by atoms with Gasteiger partial charge in [0, 0.05) is 6.04 Å². The summed E-state index contributed by atoms with van der Waals surface area (Å²) in [5.74, 6) is 0.0381. The van der Waals surface area contributed by atoms with Crippen molar-refractivity contribution in [3.05, 3.63) is 29.8 Å². The molecule has 2 unspecified atom stereocenters. The van der Waals surface area contributed by atoms with E-state index in [0.29, 0.717) is 5.56 Å². The molecule has 1 aromatic carbocycles. The third-order valence-electron chi connectivity index (χ3n) is 2.14. The zero-order valence-corrected chi connectivity index (χ0v) is 9.24. The lowest BCUT2D eigenvalue weighted by Gasteiger charge is -2.24. The van der Waals surface area contributed by atoms with Gasteiger partial charge >= 0.3 is 6.18 Å². The van der Waals surface area contributed by atoms with Gasteiger partial charge in [-0.3, -0.25) is 0 Å². The van der Waals surface area contributed by atoms with E-state index in [2.05, 4.69) is 0 Å². The molecular formula is C11H14F3NO2. The van der Waals surface area contributed by atoms with E-state index >= 15 is 0 Å². The molecule has 17 heavy (non-hydrogen) atoms. The van der Waals surface area contributed by atoms with Gasteiger partial charge in [-0.1, -0.05) is 12.1 Å². The molecule has 3 N–H and O–H groups in total. The first-order valence-corrected chi connectivity index (χ1v) is 5.03. The molecule has 0 spiro atoms. The SMILES string of the molecule is CC(N)C(Oc1cccc(CO)c1)C(F)(F)F. The Kier molecular flexibility index (Phi) is 4.36. The third kappa shape index (κ3) is 3.90. The maximum Gasteiger partial charge on any atom is 0.426 e. The standard InChI is InChI=1S/C11H14F3NO2/c1-7(15)10(11(12,13)14)17-9-4-2-3-8(5-9)6-16/h2-5,7,10,16H,6,15H2,1H3. The molecule has 1 aromatic rings. The van der Waals surface area contributed by atoms with Crippen molar-refractivity contribution < 1.29 is 23.0 Å². The van der Waals surface area contributed by atoms with Crippen LogP contribution in [0, 0.1) is 0 Å². The van der Waals surface area contributed by atoms with E-state index in [1.807, 2.05) is 0 Å². The number of hydrogen-bond donors (Lipinski definition) is 2. The van der Waals surface area contributed by atoms with E-state index in [-0.39, 0.29) is 12.4 Å². The van der Waals surface area contributed by atoms with Gasteiger partial charge in [0.2, 0.25) is 6.10 Å². The fourth-order valence-electron chi connectivity index (χ4n) is 1.34. The molecule has 0 aliphatic carbocycles. The highest BCUT2D eigenvalue weighted by Gasteiger charge is 2.44. The van der Waals surface area contributed by atoms with E-state index in [1.165, 1.54) is 25.1 Å². The van der Waals surface area contributed by atoms with E-state index in [4.69, 9.17) is 15.6 Å². The van der Waals surface area contributed by atoms with Gasteiger partial charge in [0.15, 0.2) is 0 Å². The van der Waals surface area contributed by atoms with Crippen molar-refractivity contribution in [3.8, 4) is 5.75 Å². The number of halogens is 3. The number of hydrogen-bond acceptors (Lipinski definition) is 3. The minimum absolute atomic E-state index is 0.0381. The Morgan fingerprint density at radius 3 is 2.53 bits per heavy atom. The van der Waals surface area contributed by atoms with Gasteiger partial charge in [0.1, 0.15) is 5.75 Å². The van der Waals surface area contributed by atoms with E-state index in [9.17, 15) is 13.2 Å². The minimum Gasteiger partial charge on any atom is -0.479 e. The summed E-state index contributed by atoms with van der Waals surface area (Å²) < 4.78 is 42.6. The summed E-state index contributed by atoms with van der Waals surface area (Å²) in [7, 11) is 0. The molecule has 0 aliphatic rings. The number of aliphatic hydroxyl groups is 1. The van der Waals surface area contributed by atoms with Crippen LogP contribution in [-0.4, -0.2) is 23.4 Å². The molecular weight excluding hydrogens is 235 g/mol. The predicted molar refractivity (Wildman–Crippen MR) is 56.5 cm³/mol. The van der Waals surface area contributed by atoms with E-state index in [0.717, 1.165) is 0 Å². The summed E-state index contributed by atoms with van der Waals surface area (Å²) in [6, 6.07) is 4.66. The van der Waals surface area contributed by atoms with Crippen molar-refractivity contribution in [2.75, 3.05) is 0 Å². The Labute approximate surface area is 97.0 Å². The summed E-state index contributed by atoms with van der Waals surface area (Å²) in [4.78, 5) is 0. The molecule has 0 radical (unpaired) electrons. The Bertz CT molecular complexity index is 366. The fraction of sp³-hybridized carbons (Fsp3) is 0.455. The van der Waals surface area contributed by atoms with Crippen molar-refractivity contribution in [1.29, 1.82) is 0 Å². The first-order chi connectivity index (χ1) is 7.84. The number of nitrogens with two attached hydrogens (primary N) is 1. The second kappa shape index (κ2) is 5.37. The number of ether oxygens (including phenoxy) is 1. The molecule has 0 fully saturated rings. The van der Waals surface area contributed by atoms with Gasteiger partial charge < -0.3 is 15.6 Å². The quantitative estimate of drug-likeness (QED) is 0.856. The van der Waals surface area contributed by atoms with Crippen LogP contribution in [0.25, 0.3) is 0 Å². The number of benzene rings is 1. The minimum atomic E-state index is -4.52. The number of alkyl halides is 3. The molecule has 1 rings (SSSR count). The highest BCUT2D eigenvalue weighted by atomic mass is 19.4. The maximum absolute atomic E-state index is 12.6. The number of aliphatic hydroxyl groups excluding tert-OH is 1. The smallest absolute Gasteiger partial charge is 0.426 e. The van der Waals surface area contributed by atoms with Crippen LogP contribution in [0.5, 0.6) is 5.75 Å². The summed E-state index contributed by atoms with van der Waals surface area (Å²) in [6.07, 6.45) is -6.58. The molecule has 0 aromatic heterocycles. The Morgan fingerprint density at radius 2 is 2.06 bits per heavy atom. The number of rotatable bonds is 4. The first kappa shape index (κ1) is 13.8. The summed E-state index contributed by atoms with van der Waals surface area (Å²) in [5, 5.41) is 8.86. The first-order valence-electron chi connectivity index (χ1n) is 5.03. The molecule has 0 saturated heterocycles. The lowest BCUT2D eigenvalue weighted by atomic mass is 10.2. The van der Waals surface area contributed by atoms with Crippen LogP contribution in [0.15, 0.2) is 24.3 Å². The van der Waals surface area contributed by atoms with Gasteiger partial charge in [-0.25, -0.2) is 0 Å². The van der Waals surface area contributed by atoms with Crippen LogP contribution >= 0.6 is 0 Å². The molecule has 0 bridgehead atoms.